The summed E-state index contributed by atoms with van der Waals surface area (Å²) in [5, 5.41) is 3.34. The van der Waals surface area contributed by atoms with Crippen LogP contribution in [0.5, 0.6) is 0 Å². The SMILES string of the molecule is [Ir].[c-]1ccc(-c2ccncc2-c2ccccc2)c2ccc3cccnc3c12. The van der Waals surface area contributed by atoms with Crippen molar-refractivity contribution in [2.45, 2.75) is 0 Å². The number of fused-ring (bicyclic) bond motifs is 3. The molecule has 27 heavy (non-hydrogen) atoms. The van der Waals surface area contributed by atoms with Crippen LogP contribution in [-0.2, 0) is 20.1 Å². The molecule has 0 aliphatic rings. The number of aromatic nitrogens is 2. The number of benzene rings is 3. The van der Waals surface area contributed by atoms with E-state index in [9.17, 15) is 0 Å². The first-order valence-electron chi connectivity index (χ1n) is 8.60. The van der Waals surface area contributed by atoms with Gasteiger partial charge in [-0.15, -0.1) is 23.6 Å². The maximum atomic E-state index is 4.58. The van der Waals surface area contributed by atoms with Gasteiger partial charge in [0.25, 0.3) is 0 Å². The molecule has 3 aromatic carbocycles. The summed E-state index contributed by atoms with van der Waals surface area (Å²) in [5.41, 5.74) is 5.62. The van der Waals surface area contributed by atoms with E-state index in [1.807, 2.05) is 36.8 Å². The normalized spacial score (nSPS) is 10.7. The van der Waals surface area contributed by atoms with Gasteiger partial charge < -0.3 is 4.98 Å². The average molecular weight is 524 g/mol. The zero-order chi connectivity index (χ0) is 17.3. The van der Waals surface area contributed by atoms with Crippen LogP contribution in [0.1, 0.15) is 0 Å². The van der Waals surface area contributed by atoms with E-state index in [0.29, 0.717) is 0 Å². The summed E-state index contributed by atoms with van der Waals surface area (Å²) < 4.78 is 0. The van der Waals surface area contributed by atoms with Crippen LogP contribution in [-0.4, -0.2) is 9.97 Å². The molecule has 0 saturated carbocycles. The third-order valence-corrected chi connectivity index (χ3v) is 4.74. The Bertz CT molecular complexity index is 1230. The van der Waals surface area contributed by atoms with E-state index in [-0.39, 0.29) is 20.1 Å². The fraction of sp³-hybridized carbons (Fsp3) is 0. The molecule has 131 valence electrons. The number of nitrogens with zero attached hydrogens (tertiary/aromatic N) is 2. The predicted octanol–water partition coefficient (Wildman–Crippen LogP) is 5.91. The summed E-state index contributed by atoms with van der Waals surface area (Å²) in [6, 6.07) is 28.3. The zero-order valence-corrected chi connectivity index (χ0v) is 16.8. The molecule has 3 heteroatoms. The van der Waals surface area contributed by atoms with Crippen molar-refractivity contribution in [1.29, 1.82) is 0 Å². The fourth-order valence-electron chi connectivity index (χ4n) is 3.53. The van der Waals surface area contributed by atoms with Crippen molar-refractivity contribution in [1.82, 2.24) is 9.97 Å². The minimum absolute atomic E-state index is 0. The van der Waals surface area contributed by atoms with Gasteiger partial charge in [-0.3, -0.25) is 4.98 Å². The van der Waals surface area contributed by atoms with Crippen molar-refractivity contribution < 1.29 is 20.1 Å². The van der Waals surface area contributed by atoms with E-state index in [2.05, 4.69) is 70.6 Å². The Morgan fingerprint density at radius 2 is 1.59 bits per heavy atom. The maximum absolute atomic E-state index is 4.58. The van der Waals surface area contributed by atoms with Gasteiger partial charge in [-0.25, -0.2) is 0 Å². The molecule has 5 rings (SSSR count). The van der Waals surface area contributed by atoms with Gasteiger partial charge in [0.15, 0.2) is 0 Å². The van der Waals surface area contributed by atoms with Crippen LogP contribution in [0.3, 0.4) is 0 Å². The number of pyridine rings is 2. The Morgan fingerprint density at radius 3 is 2.48 bits per heavy atom. The molecule has 0 aliphatic carbocycles. The molecule has 0 spiro atoms. The third kappa shape index (κ3) is 3.06. The topological polar surface area (TPSA) is 25.8 Å². The van der Waals surface area contributed by atoms with Gasteiger partial charge in [-0.1, -0.05) is 59.5 Å². The van der Waals surface area contributed by atoms with Crippen LogP contribution in [0.2, 0.25) is 0 Å². The van der Waals surface area contributed by atoms with Gasteiger partial charge >= 0.3 is 0 Å². The largest absolute Gasteiger partial charge is 0.304 e. The average Bonchev–Trinajstić information content (AvgIpc) is 2.74. The standard InChI is InChI=1S/C24H15N2.Ir/c1-2-6-17(7-3-1)23-16-25-15-13-21(23)19-9-4-10-22-20(19)12-11-18-8-5-14-26-24(18)22;/h1-9,11-16H;/q-1;. The summed E-state index contributed by atoms with van der Waals surface area (Å²) in [6.45, 7) is 0. The Kier molecular flexibility index (Phi) is 4.81. The molecule has 0 amide bonds. The smallest absolute Gasteiger partial charge is 0.0351 e. The van der Waals surface area contributed by atoms with Crippen molar-refractivity contribution >= 4 is 21.7 Å². The molecule has 2 heterocycles. The van der Waals surface area contributed by atoms with E-state index in [4.69, 9.17) is 0 Å². The first-order chi connectivity index (χ1) is 12.9. The molecule has 5 aromatic rings. The van der Waals surface area contributed by atoms with Crippen molar-refractivity contribution in [2.24, 2.45) is 0 Å². The van der Waals surface area contributed by atoms with Crippen LogP contribution in [0, 0.1) is 6.07 Å². The van der Waals surface area contributed by atoms with Gasteiger partial charge in [-0.2, -0.15) is 0 Å². The van der Waals surface area contributed by atoms with Gasteiger partial charge in [0.05, 0.1) is 0 Å². The van der Waals surface area contributed by atoms with E-state index < -0.39 is 0 Å². The van der Waals surface area contributed by atoms with Crippen LogP contribution in [0.4, 0.5) is 0 Å². The first-order valence-corrected chi connectivity index (χ1v) is 8.60. The van der Waals surface area contributed by atoms with Crippen molar-refractivity contribution in [3.8, 4) is 22.3 Å². The van der Waals surface area contributed by atoms with Crippen LogP contribution < -0.4 is 0 Å². The molecule has 0 aliphatic heterocycles. The second-order valence-corrected chi connectivity index (χ2v) is 6.24. The molecule has 0 saturated heterocycles. The summed E-state index contributed by atoms with van der Waals surface area (Å²) in [7, 11) is 0. The Labute approximate surface area is 171 Å². The van der Waals surface area contributed by atoms with Gasteiger partial charge in [0.2, 0.25) is 0 Å². The third-order valence-electron chi connectivity index (χ3n) is 4.74. The summed E-state index contributed by atoms with van der Waals surface area (Å²) in [4.78, 5) is 8.94. The summed E-state index contributed by atoms with van der Waals surface area (Å²) in [5.74, 6) is 0. The molecule has 2 aromatic heterocycles. The molecule has 0 bridgehead atoms. The quantitative estimate of drug-likeness (QED) is 0.212. The first kappa shape index (κ1) is 17.5. The number of rotatable bonds is 2. The zero-order valence-electron chi connectivity index (χ0n) is 14.4. The van der Waals surface area contributed by atoms with Crippen LogP contribution in [0.25, 0.3) is 43.9 Å². The van der Waals surface area contributed by atoms with Crippen molar-refractivity contribution in [3.05, 3.63) is 97.5 Å². The summed E-state index contributed by atoms with van der Waals surface area (Å²) >= 11 is 0. The van der Waals surface area contributed by atoms with E-state index in [0.717, 1.165) is 32.8 Å². The van der Waals surface area contributed by atoms with Crippen molar-refractivity contribution in [3.63, 3.8) is 0 Å². The maximum Gasteiger partial charge on any atom is 0.0351 e. The van der Waals surface area contributed by atoms with Crippen LogP contribution in [0.15, 0.2) is 91.4 Å². The molecular formula is C24H15IrN2-. The number of hydrogen-bond acceptors (Lipinski definition) is 2. The fourth-order valence-corrected chi connectivity index (χ4v) is 3.53. The molecule has 0 N–H and O–H groups in total. The van der Waals surface area contributed by atoms with Crippen LogP contribution >= 0.6 is 0 Å². The second kappa shape index (κ2) is 7.40. The van der Waals surface area contributed by atoms with Gasteiger partial charge in [0.1, 0.15) is 0 Å². The monoisotopic (exact) mass is 524 g/mol. The van der Waals surface area contributed by atoms with E-state index >= 15 is 0 Å². The van der Waals surface area contributed by atoms with Gasteiger partial charge in [-0.05, 0) is 34.2 Å². The molecule has 0 unspecified atom stereocenters. The molecule has 0 fully saturated rings. The van der Waals surface area contributed by atoms with Crippen molar-refractivity contribution in [2.75, 3.05) is 0 Å². The molecule has 1 radical (unpaired) electrons. The Morgan fingerprint density at radius 1 is 0.704 bits per heavy atom. The molecular weight excluding hydrogens is 508 g/mol. The van der Waals surface area contributed by atoms with E-state index in [1.54, 1.807) is 0 Å². The second-order valence-electron chi connectivity index (χ2n) is 6.24. The molecule has 2 nitrogen and oxygen atoms in total. The Hall–Kier alpha value is -2.87. The van der Waals surface area contributed by atoms with E-state index in [1.165, 1.54) is 11.1 Å². The van der Waals surface area contributed by atoms with Gasteiger partial charge in [0, 0.05) is 44.3 Å². The minimum atomic E-state index is 0. The summed E-state index contributed by atoms with van der Waals surface area (Å²) in [6.07, 6.45) is 5.63. The minimum Gasteiger partial charge on any atom is -0.304 e. The predicted molar refractivity (Wildman–Crippen MR) is 107 cm³/mol. The molecule has 0 atom stereocenters. The number of hydrogen-bond donors (Lipinski definition) is 0. The Balaban J connectivity index is 0.00000180.